The summed E-state index contributed by atoms with van der Waals surface area (Å²) in [7, 11) is -1.96. The van der Waals surface area contributed by atoms with Gasteiger partial charge in [0.25, 0.3) is 0 Å². The highest BCUT2D eigenvalue weighted by Gasteiger charge is 2.26. The van der Waals surface area contributed by atoms with E-state index in [-0.39, 0.29) is 29.7 Å². The summed E-state index contributed by atoms with van der Waals surface area (Å²) in [4.78, 5) is 28.2. The van der Waals surface area contributed by atoms with Gasteiger partial charge in [0.2, 0.25) is 21.8 Å². The van der Waals surface area contributed by atoms with E-state index >= 15 is 0 Å². The summed E-state index contributed by atoms with van der Waals surface area (Å²) in [6, 6.07) is 20.3. The number of carbonyl (C=O) groups is 2. The van der Waals surface area contributed by atoms with Crippen molar-refractivity contribution in [3.05, 3.63) is 94.5 Å². The van der Waals surface area contributed by atoms with Crippen molar-refractivity contribution in [2.75, 3.05) is 13.7 Å². The highest BCUT2D eigenvalue weighted by molar-refractivity contribution is 7.89. The number of nitrogens with zero attached hydrogens (tertiary/aromatic N) is 1. The zero-order valence-corrected chi connectivity index (χ0v) is 23.9. The summed E-state index contributed by atoms with van der Waals surface area (Å²) in [5, 5.41) is 3.52. The smallest absolute Gasteiger partial charge is 0.242 e. The number of aryl methyl sites for hydroxylation is 1. The van der Waals surface area contributed by atoms with Gasteiger partial charge in [-0.05, 0) is 66.4 Å². The molecule has 8 nitrogen and oxygen atoms in total. The lowest BCUT2D eigenvalue weighted by Gasteiger charge is -2.29. The van der Waals surface area contributed by atoms with Gasteiger partial charge in [-0.25, -0.2) is 13.1 Å². The second-order valence-electron chi connectivity index (χ2n) is 9.04. The number of carbonyl (C=O) groups excluding carboxylic acids is 2. The Kier molecular flexibility index (Phi) is 10.9. The molecular formula is C29H34ClN3O5S. The highest BCUT2D eigenvalue weighted by Crippen LogP contribution is 2.18. The molecule has 0 saturated heterocycles. The van der Waals surface area contributed by atoms with E-state index in [4.69, 9.17) is 16.3 Å². The molecule has 39 heavy (non-hydrogen) atoms. The lowest BCUT2D eigenvalue weighted by Crippen LogP contribution is -2.47. The Hall–Kier alpha value is -3.40. The fourth-order valence-corrected chi connectivity index (χ4v) is 5.12. The number of halogens is 1. The molecule has 0 aliphatic rings. The molecule has 0 aromatic heterocycles. The van der Waals surface area contributed by atoms with Crippen molar-refractivity contribution in [1.82, 2.24) is 14.9 Å². The van der Waals surface area contributed by atoms with Crippen LogP contribution in [0.5, 0.6) is 5.75 Å². The predicted molar refractivity (Wildman–Crippen MR) is 152 cm³/mol. The minimum Gasteiger partial charge on any atom is -0.497 e. The lowest BCUT2D eigenvalue weighted by atomic mass is 10.1. The molecule has 0 aliphatic heterocycles. The first kappa shape index (κ1) is 30.1. The molecule has 3 rings (SSSR count). The molecule has 0 spiro atoms. The Morgan fingerprint density at radius 1 is 0.923 bits per heavy atom. The van der Waals surface area contributed by atoms with Crippen LogP contribution in [0.1, 0.15) is 37.0 Å². The average Bonchev–Trinajstić information content (AvgIpc) is 2.94. The SMILES string of the molecule is CCNS(=O)(=O)c1ccc(CCC(=O)N(Cc2ccc(OC)cc2)C(C)C(=O)NCc2ccc(Cl)cc2)cc1. The Labute approximate surface area is 235 Å². The second kappa shape index (κ2) is 14.1. The van der Waals surface area contributed by atoms with Crippen LogP contribution in [0.4, 0.5) is 0 Å². The van der Waals surface area contributed by atoms with Gasteiger partial charge in [-0.2, -0.15) is 0 Å². The number of nitrogens with one attached hydrogen (secondary N) is 2. The summed E-state index contributed by atoms with van der Waals surface area (Å²) < 4.78 is 32.1. The number of amides is 2. The fraction of sp³-hybridized carbons (Fsp3) is 0.310. The molecule has 3 aromatic carbocycles. The van der Waals surface area contributed by atoms with Crippen LogP contribution in [0.25, 0.3) is 0 Å². The molecule has 3 aromatic rings. The largest absolute Gasteiger partial charge is 0.497 e. The molecule has 1 unspecified atom stereocenters. The minimum atomic E-state index is -3.55. The van der Waals surface area contributed by atoms with Crippen LogP contribution in [0.2, 0.25) is 5.02 Å². The van der Waals surface area contributed by atoms with E-state index in [2.05, 4.69) is 10.0 Å². The van der Waals surface area contributed by atoms with Gasteiger partial charge in [-0.15, -0.1) is 0 Å². The number of benzene rings is 3. The van der Waals surface area contributed by atoms with Crippen LogP contribution < -0.4 is 14.8 Å². The van der Waals surface area contributed by atoms with Crippen molar-refractivity contribution in [2.24, 2.45) is 0 Å². The third-order valence-electron chi connectivity index (χ3n) is 6.25. The van der Waals surface area contributed by atoms with E-state index in [1.165, 1.54) is 12.1 Å². The van der Waals surface area contributed by atoms with E-state index < -0.39 is 16.1 Å². The quantitative estimate of drug-likeness (QED) is 0.318. The van der Waals surface area contributed by atoms with E-state index in [0.717, 1.165) is 16.7 Å². The van der Waals surface area contributed by atoms with Gasteiger partial charge < -0.3 is 15.0 Å². The van der Waals surface area contributed by atoms with Crippen molar-refractivity contribution in [3.8, 4) is 5.75 Å². The third-order valence-corrected chi connectivity index (χ3v) is 8.07. The van der Waals surface area contributed by atoms with E-state index in [9.17, 15) is 18.0 Å². The summed E-state index contributed by atoms with van der Waals surface area (Å²) in [5.74, 6) is 0.235. The number of methoxy groups -OCH3 is 1. The molecule has 0 bridgehead atoms. The normalized spacial score (nSPS) is 12.0. The summed E-state index contributed by atoms with van der Waals surface area (Å²) in [6.07, 6.45) is 0.558. The predicted octanol–water partition coefficient (Wildman–Crippen LogP) is 4.31. The number of hydrogen-bond donors (Lipinski definition) is 2. The second-order valence-corrected chi connectivity index (χ2v) is 11.2. The standard InChI is InChI=1S/C29H34ClN3O5S/c1-4-32-39(36,37)27-16-9-22(10-17-27)11-18-28(34)33(20-24-7-14-26(38-3)15-8-24)21(2)29(35)31-19-23-5-12-25(30)13-6-23/h5-10,12-17,21,32H,4,11,18-20H2,1-3H3,(H,31,35). The summed E-state index contributed by atoms with van der Waals surface area (Å²) >= 11 is 5.94. The third kappa shape index (κ3) is 8.81. The topological polar surface area (TPSA) is 105 Å². The van der Waals surface area contributed by atoms with Gasteiger partial charge >= 0.3 is 0 Å². The molecule has 0 aliphatic carbocycles. The Morgan fingerprint density at radius 3 is 2.10 bits per heavy atom. The van der Waals surface area contributed by atoms with Gasteiger partial charge in [0.05, 0.1) is 12.0 Å². The maximum Gasteiger partial charge on any atom is 0.242 e. The first-order valence-corrected chi connectivity index (χ1v) is 14.5. The van der Waals surface area contributed by atoms with Crippen LogP contribution in [0.3, 0.4) is 0 Å². The minimum absolute atomic E-state index is 0.157. The average molecular weight is 572 g/mol. The Bertz CT molecular complexity index is 1350. The van der Waals surface area contributed by atoms with Crippen molar-refractivity contribution in [3.63, 3.8) is 0 Å². The molecule has 0 fully saturated rings. The molecule has 0 radical (unpaired) electrons. The van der Waals surface area contributed by atoms with Gasteiger partial charge in [0.15, 0.2) is 0 Å². The van der Waals surface area contributed by atoms with Crippen molar-refractivity contribution in [2.45, 2.75) is 50.7 Å². The van der Waals surface area contributed by atoms with E-state index in [1.807, 2.05) is 36.4 Å². The van der Waals surface area contributed by atoms with Gasteiger partial charge in [0.1, 0.15) is 11.8 Å². The molecule has 0 saturated carbocycles. The first-order valence-electron chi connectivity index (χ1n) is 12.7. The summed E-state index contributed by atoms with van der Waals surface area (Å²) in [5.41, 5.74) is 2.58. The number of sulfonamides is 1. The number of hydrogen-bond acceptors (Lipinski definition) is 5. The Morgan fingerprint density at radius 2 is 1.51 bits per heavy atom. The number of rotatable bonds is 13. The molecule has 1 atom stereocenters. The zero-order chi connectivity index (χ0) is 28.4. The monoisotopic (exact) mass is 571 g/mol. The van der Waals surface area contributed by atoms with Gasteiger partial charge in [-0.1, -0.05) is 54.9 Å². The van der Waals surface area contributed by atoms with Crippen LogP contribution in [0.15, 0.2) is 77.7 Å². The van der Waals surface area contributed by atoms with Gasteiger partial charge in [0, 0.05) is 31.1 Å². The Balaban J connectivity index is 1.70. The van der Waals surface area contributed by atoms with Crippen molar-refractivity contribution < 1.29 is 22.7 Å². The van der Waals surface area contributed by atoms with E-state index in [0.29, 0.717) is 30.3 Å². The van der Waals surface area contributed by atoms with Crippen molar-refractivity contribution >= 4 is 33.4 Å². The van der Waals surface area contributed by atoms with Crippen molar-refractivity contribution in [1.29, 1.82) is 0 Å². The van der Waals surface area contributed by atoms with Crippen LogP contribution in [-0.2, 0) is 39.1 Å². The maximum atomic E-state index is 13.4. The molecule has 208 valence electrons. The summed E-state index contributed by atoms with van der Waals surface area (Å²) in [6.45, 7) is 4.28. The van der Waals surface area contributed by atoms with Crippen LogP contribution in [0, 0.1) is 0 Å². The first-order chi connectivity index (χ1) is 18.6. The van der Waals surface area contributed by atoms with Crippen LogP contribution >= 0.6 is 11.6 Å². The van der Waals surface area contributed by atoms with Gasteiger partial charge in [-0.3, -0.25) is 9.59 Å². The maximum absolute atomic E-state index is 13.4. The highest BCUT2D eigenvalue weighted by atomic mass is 35.5. The molecular weight excluding hydrogens is 538 g/mol. The lowest BCUT2D eigenvalue weighted by molar-refractivity contribution is -0.140. The molecule has 2 amide bonds. The fourth-order valence-electron chi connectivity index (χ4n) is 3.95. The molecule has 10 heteroatoms. The van der Waals surface area contributed by atoms with E-state index in [1.54, 1.807) is 50.1 Å². The zero-order valence-electron chi connectivity index (χ0n) is 22.3. The number of ether oxygens (including phenoxy) is 1. The molecule has 0 heterocycles. The molecule has 2 N–H and O–H groups in total. The van der Waals surface area contributed by atoms with Crippen LogP contribution in [-0.4, -0.2) is 44.8 Å².